The molecule has 1 heterocycles. The molecule has 23 heavy (non-hydrogen) atoms. The third-order valence-corrected chi connectivity index (χ3v) is 4.03. The Hall–Kier alpha value is -3.00. The van der Waals surface area contributed by atoms with Crippen LogP contribution in [-0.2, 0) is 6.42 Å². The molecule has 0 radical (unpaired) electrons. The molecule has 0 aliphatic heterocycles. The van der Waals surface area contributed by atoms with Gasteiger partial charge in [0.15, 0.2) is 0 Å². The van der Waals surface area contributed by atoms with E-state index in [4.69, 9.17) is 0 Å². The maximum atomic E-state index is 4.49. The first-order valence-corrected chi connectivity index (χ1v) is 7.73. The highest BCUT2D eigenvalue weighted by Gasteiger charge is 2.05. The number of rotatable bonds is 3. The molecule has 3 aromatic carbocycles. The standard InChI is InChI=1S/C21H16N2/c1-2-8-17(9-3-1)18-10-6-7-16(13-18)14-21-19-11-4-5-12-20(19)22-15-23-21/h1-13,15H,14H2. The van der Waals surface area contributed by atoms with Crippen molar-refractivity contribution in [2.24, 2.45) is 0 Å². The minimum absolute atomic E-state index is 0.809. The molecule has 1 aromatic heterocycles. The molecule has 4 rings (SSSR count). The lowest BCUT2D eigenvalue weighted by atomic mass is 10.00. The van der Waals surface area contributed by atoms with Crippen molar-refractivity contribution in [1.82, 2.24) is 9.97 Å². The van der Waals surface area contributed by atoms with Gasteiger partial charge in [0, 0.05) is 11.8 Å². The zero-order valence-electron chi connectivity index (χ0n) is 12.7. The van der Waals surface area contributed by atoms with Crippen molar-refractivity contribution in [2.45, 2.75) is 6.42 Å². The van der Waals surface area contributed by atoms with Gasteiger partial charge in [-0.3, -0.25) is 0 Å². The highest BCUT2D eigenvalue weighted by Crippen LogP contribution is 2.23. The summed E-state index contributed by atoms with van der Waals surface area (Å²) in [6.45, 7) is 0. The van der Waals surface area contributed by atoms with Crippen molar-refractivity contribution in [3.8, 4) is 11.1 Å². The van der Waals surface area contributed by atoms with Crippen molar-refractivity contribution in [3.63, 3.8) is 0 Å². The summed E-state index contributed by atoms with van der Waals surface area (Å²) in [6.07, 6.45) is 2.46. The molecule has 0 atom stereocenters. The number of benzene rings is 3. The maximum absolute atomic E-state index is 4.49. The number of hydrogen-bond donors (Lipinski definition) is 0. The van der Waals surface area contributed by atoms with Crippen LogP contribution in [0.15, 0.2) is 85.2 Å². The summed E-state index contributed by atoms with van der Waals surface area (Å²) < 4.78 is 0. The second kappa shape index (κ2) is 6.01. The molecule has 0 aliphatic rings. The number of nitrogens with zero attached hydrogens (tertiary/aromatic N) is 2. The zero-order valence-corrected chi connectivity index (χ0v) is 12.7. The lowest BCUT2D eigenvalue weighted by Crippen LogP contribution is -1.95. The van der Waals surface area contributed by atoms with Gasteiger partial charge in [-0.2, -0.15) is 0 Å². The van der Waals surface area contributed by atoms with E-state index in [2.05, 4.69) is 64.6 Å². The van der Waals surface area contributed by atoms with Crippen LogP contribution in [0.1, 0.15) is 11.3 Å². The summed E-state index contributed by atoms with van der Waals surface area (Å²) >= 11 is 0. The molecule has 110 valence electrons. The smallest absolute Gasteiger partial charge is 0.116 e. The summed E-state index contributed by atoms with van der Waals surface area (Å²) in [5, 5.41) is 1.13. The molecule has 2 heteroatoms. The van der Waals surface area contributed by atoms with Crippen molar-refractivity contribution in [3.05, 3.63) is 96.4 Å². The van der Waals surface area contributed by atoms with E-state index in [-0.39, 0.29) is 0 Å². The molecule has 0 bridgehead atoms. The second-order valence-corrected chi connectivity index (χ2v) is 5.58. The first-order valence-electron chi connectivity index (χ1n) is 7.73. The summed E-state index contributed by atoms with van der Waals surface area (Å²) in [6, 6.07) is 27.3. The van der Waals surface area contributed by atoms with Gasteiger partial charge in [0.25, 0.3) is 0 Å². The van der Waals surface area contributed by atoms with Gasteiger partial charge < -0.3 is 0 Å². The Kier molecular flexibility index (Phi) is 3.57. The summed E-state index contributed by atoms with van der Waals surface area (Å²) in [4.78, 5) is 8.83. The van der Waals surface area contributed by atoms with Crippen molar-refractivity contribution >= 4 is 10.9 Å². The number of fused-ring (bicyclic) bond motifs is 1. The number of hydrogen-bond acceptors (Lipinski definition) is 2. The Labute approximate surface area is 135 Å². The predicted molar refractivity (Wildman–Crippen MR) is 94.2 cm³/mol. The van der Waals surface area contributed by atoms with Crippen LogP contribution in [0.5, 0.6) is 0 Å². The average Bonchev–Trinajstić information content (AvgIpc) is 2.63. The normalized spacial score (nSPS) is 10.8. The predicted octanol–water partition coefficient (Wildman–Crippen LogP) is 4.89. The van der Waals surface area contributed by atoms with Crippen LogP contribution in [-0.4, -0.2) is 9.97 Å². The third-order valence-electron chi connectivity index (χ3n) is 4.03. The van der Waals surface area contributed by atoms with Crippen molar-refractivity contribution in [2.75, 3.05) is 0 Å². The monoisotopic (exact) mass is 296 g/mol. The Morgan fingerprint density at radius 3 is 2.35 bits per heavy atom. The molecule has 0 saturated carbocycles. The maximum Gasteiger partial charge on any atom is 0.116 e. The molecule has 0 saturated heterocycles. The van der Waals surface area contributed by atoms with E-state index in [0.717, 1.165) is 23.0 Å². The lowest BCUT2D eigenvalue weighted by molar-refractivity contribution is 1.06. The molecular formula is C21H16N2. The summed E-state index contributed by atoms with van der Waals surface area (Å²) in [7, 11) is 0. The molecule has 0 spiro atoms. The van der Waals surface area contributed by atoms with Crippen LogP contribution in [0.3, 0.4) is 0 Å². The van der Waals surface area contributed by atoms with E-state index in [0.29, 0.717) is 0 Å². The molecule has 0 unspecified atom stereocenters. The second-order valence-electron chi connectivity index (χ2n) is 5.58. The largest absolute Gasteiger partial charge is 0.240 e. The Morgan fingerprint density at radius 1 is 0.652 bits per heavy atom. The van der Waals surface area contributed by atoms with E-state index in [1.165, 1.54) is 16.7 Å². The topological polar surface area (TPSA) is 25.8 Å². The van der Waals surface area contributed by atoms with E-state index in [1.54, 1.807) is 6.33 Å². The molecular weight excluding hydrogens is 280 g/mol. The van der Waals surface area contributed by atoms with Gasteiger partial charge in [-0.15, -0.1) is 0 Å². The highest BCUT2D eigenvalue weighted by molar-refractivity contribution is 5.80. The Balaban J connectivity index is 1.72. The highest BCUT2D eigenvalue weighted by atomic mass is 14.8. The third kappa shape index (κ3) is 2.84. The van der Waals surface area contributed by atoms with Gasteiger partial charge >= 0.3 is 0 Å². The van der Waals surface area contributed by atoms with Crippen LogP contribution >= 0.6 is 0 Å². The van der Waals surface area contributed by atoms with Crippen molar-refractivity contribution < 1.29 is 0 Å². The van der Waals surface area contributed by atoms with Gasteiger partial charge in [-0.1, -0.05) is 72.8 Å². The lowest BCUT2D eigenvalue weighted by Gasteiger charge is -2.07. The molecule has 0 fully saturated rings. The van der Waals surface area contributed by atoms with E-state index in [9.17, 15) is 0 Å². The van der Waals surface area contributed by atoms with Gasteiger partial charge in [-0.25, -0.2) is 9.97 Å². The van der Waals surface area contributed by atoms with Crippen LogP contribution in [0.4, 0.5) is 0 Å². The molecule has 4 aromatic rings. The summed E-state index contributed by atoms with van der Waals surface area (Å²) in [5.74, 6) is 0. The quantitative estimate of drug-likeness (QED) is 0.538. The fourth-order valence-corrected chi connectivity index (χ4v) is 2.89. The van der Waals surface area contributed by atoms with Crippen molar-refractivity contribution in [1.29, 1.82) is 0 Å². The minimum atomic E-state index is 0.809. The average molecular weight is 296 g/mol. The zero-order chi connectivity index (χ0) is 15.5. The Bertz CT molecular complexity index is 940. The van der Waals surface area contributed by atoms with E-state index < -0.39 is 0 Å². The fourth-order valence-electron chi connectivity index (χ4n) is 2.89. The van der Waals surface area contributed by atoms with Crippen LogP contribution in [0, 0.1) is 0 Å². The molecule has 2 nitrogen and oxygen atoms in total. The van der Waals surface area contributed by atoms with Crippen LogP contribution in [0.2, 0.25) is 0 Å². The number of para-hydroxylation sites is 1. The van der Waals surface area contributed by atoms with Gasteiger partial charge in [0.1, 0.15) is 6.33 Å². The fraction of sp³-hybridized carbons (Fsp3) is 0.0476. The van der Waals surface area contributed by atoms with E-state index >= 15 is 0 Å². The van der Waals surface area contributed by atoms with Gasteiger partial charge in [-0.05, 0) is 22.8 Å². The minimum Gasteiger partial charge on any atom is -0.240 e. The van der Waals surface area contributed by atoms with Gasteiger partial charge in [0.05, 0.1) is 11.2 Å². The number of aromatic nitrogens is 2. The SMILES string of the molecule is c1ccc(-c2cccc(Cc3ncnc4ccccc34)c2)cc1. The van der Waals surface area contributed by atoms with Crippen LogP contribution < -0.4 is 0 Å². The summed E-state index contributed by atoms with van der Waals surface area (Å²) in [5.41, 5.74) is 5.80. The molecule has 0 N–H and O–H groups in total. The Morgan fingerprint density at radius 2 is 1.43 bits per heavy atom. The van der Waals surface area contributed by atoms with Crippen LogP contribution in [0.25, 0.3) is 22.0 Å². The van der Waals surface area contributed by atoms with Gasteiger partial charge in [0.2, 0.25) is 0 Å². The first-order chi connectivity index (χ1) is 11.4. The van der Waals surface area contributed by atoms with E-state index in [1.807, 2.05) is 24.3 Å². The molecule has 0 amide bonds. The molecule has 0 aliphatic carbocycles. The first kappa shape index (κ1) is 13.6.